The van der Waals surface area contributed by atoms with Crippen LogP contribution in [0, 0.1) is 56.7 Å². The molecule has 5 aliphatic carbocycles. The molecular formula is C30H48O6. The van der Waals surface area contributed by atoms with Crippen molar-refractivity contribution in [2.24, 2.45) is 56.7 Å². The molecule has 13 atom stereocenters. The highest BCUT2D eigenvalue weighted by molar-refractivity contribution is 5.76. The fourth-order valence-electron chi connectivity index (χ4n) is 11.2. The van der Waals surface area contributed by atoms with Crippen molar-refractivity contribution in [2.75, 3.05) is 6.61 Å². The van der Waals surface area contributed by atoms with E-state index >= 15 is 0 Å². The van der Waals surface area contributed by atoms with Crippen molar-refractivity contribution in [3.63, 3.8) is 0 Å². The van der Waals surface area contributed by atoms with E-state index in [1.807, 2.05) is 6.92 Å². The zero-order valence-electron chi connectivity index (χ0n) is 23.0. The Kier molecular flexibility index (Phi) is 5.95. The lowest BCUT2D eigenvalue weighted by atomic mass is 9.32. The average molecular weight is 505 g/mol. The number of rotatable bonds is 2. The van der Waals surface area contributed by atoms with E-state index in [2.05, 4.69) is 40.7 Å². The van der Waals surface area contributed by atoms with Crippen LogP contribution in [0.3, 0.4) is 0 Å². The molecular weight excluding hydrogens is 456 g/mol. The Morgan fingerprint density at radius 2 is 1.67 bits per heavy atom. The van der Waals surface area contributed by atoms with Gasteiger partial charge in [0.05, 0.1) is 30.3 Å². The van der Waals surface area contributed by atoms with Gasteiger partial charge in [0, 0.05) is 11.3 Å². The Bertz CT molecular complexity index is 963. The summed E-state index contributed by atoms with van der Waals surface area (Å²) in [6, 6.07) is 0. The van der Waals surface area contributed by atoms with Gasteiger partial charge in [-0.25, -0.2) is 0 Å². The summed E-state index contributed by atoms with van der Waals surface area (Å²) in [6.45, 7) is 12.8. The number of allylic oxidation sites excluding steroid dienone is 2. The monoisotopic (exact) mass is 504 g/mol. The standard InChI is InChI=1S/C30H48O6/c1-16-9-10-30(25(35)36)12-11-28(5)18(22(30)17(16)2)7-8-21-26(3)13-20(33)24(34)27(4,15-31)23(26)19(32)14-29(21,28)6/h7,16-17,19-24,31-34H,8-15H2,1-6H3,(H,35,36)/t16-,17+,19?,20?,21-,22+,23-,24?,26-,27+,28-,29-,30+/m1/s1. The summed E-state index contributed by atoms with van der Waals surface area (Å²) in [6.07, 6.45) is 4.44. The molecule has 0 amide bonds. The Morgan fingerprint density at radius 1 is 1.00 bits per heavy atom. The lowest BCUT2D eigenvalue weighted by Gasteiger charge is -2.72. The molecule has 0 aromatic rings. The molecule has 0 aliphatic heterocycles. The van der Waals surface area contributed by atoms with E-state index in [1.54, 1.807) is 0 Å². The number of carbonyl (C=O) groups is 1. The quantitative estimate of drug-likeness (QED) is 0.363. The first-order chi connectivity index (χ1) is 16.6. The van der Waals surface area contributed by atoms with Gasteiger partial charge in [0.25, 0.3) is 0 Å². The van der Waals surface area contributed by atoms with E-state index in [4.69, 9.17) is 0 Å². The van der Waals surface area contributed by atoms with Gasteiger partial charge in [-0.15, -0.1) is 0 Å². The van der Waals surface area contributed by atoms with Crippen LogP contribution in [0.1, 0.15) is 86.5 Å². The lowest BCUT2D eigenvalue weighted by molar-refractivity contribution is -0.273. The molecule has 0 spiro atoms. The predicted molar refractivity (Wildman–Crippen MR) is 137 cm³/mol. The number of fused-ring (bicyclic) bond motifs is 7. The molecule has 6 nitrogen and oxygen atoms in total. The van der Waals surface area contributed by atoms with Crippen LogP contribution in [0.25, 0.3) is 0 Å². The Morgan fingerprint density at radius 3 is 2.28 bits per heavy atom. The van der Waals surface area contributed by atoms with E-state index in [0.717, 1.165) is 25.7 Å². The molecule has 5 N–H and O–H groups in total. The molecule has 36 heavy (non-hydrogen) atoms. The SMILES string of the molecule is C[C@H]1[C@H](C)CC[C@]2(C(=O)O)CC[C@]3(C)C(=CC[C@@H]4[C@@]5(C)CC(O)C(O)[C@@](C)(CO)[C@@H]5C(O)C[C@]43C)[C@H]12. The number of hydrogen-bond acceptors (Lipinski definition) is 5. The summed E-state index contributed by atoms with van der Waals surface area (Å²) in [7, 11) is 0. The van der Waals surface area contributed by atoms with Crippen LogP contribution in [0.2, 0.25) is 0 Å². The van der Waals surface area contributed by atoms with Gasteiger partial charge in [-0.1, -0.05) is 53.2 Å². The molecule has 0 radical (unpaired) electrons. The smallest absolute Gasteiger partial charge is 0.310 e. The molecule has 0 aromatic heterocycles. The average Bonchev–Trinajstić information content (AvgIpc) is 2.80. The molecule has 0 saturated heterocycles. The first kappa shape index (κ1) is 26.6. The van der Waals surface area contributed by atoms with Crippen LogP contribution in [0.5, 0.6) is 0 Å². The minimum absolute atomic E-state index is 0.000534. The molecule has 0 bridgehead atoms. The first-order valence-corrected chi connectivity index (χ1v) is 14.2. The van der Waals surface area contributed by atoms with Crippen molar-refractivity contribution in [2.45, 2.75) is 105 Å². The topological polar surface area (TPSA) is 118 Å². The molecule has 3 unspecified atom stereocenters. The molecule has 0 heterocycles. The summed E-state index contributed by atoms with van der Waals surface area (Å²) < 4.78 is 0. The first-order valence-electron chi connectivity index (χ1n) is 14.2. The van der Waals surface area contributed by atoms with Crippen LogP contribution in [0.4, 0.5) is 0 Å². The number of carboxylic acids is 1. The van der Waals surface area contributed by atoms with Gasteiger partial charge in [-0.05, 0) is 84.9 Å². The fourth-order valence-corrected chi connectivity index (χ4v) is 11.2. The van der Waals surface area contributed by atoms with Crippen molar-refractivity contribution in [1.29, 1.82) is 0 Å². The zero-order chi connectivity index (χ0) is 26.6. The number of aliphatic hydroxyl groups excluding tert-OH is 4. The van der Waals surface area contributed by atoms with Crippen LogP contribution >= 0.6 is 0 Å². The van der Waals surface area contributed by atoms with Crippen LogP contribution < -0.4 is 0 Å². The number of aliphatic carboxylic acids is 1. The van der Waals surface area contributed by atoms with E-state index in [9.17, 15) is 30.3 Å². The summed E-state index contributed by atoms with van der Waals surface area (Å²) in [4.78, 5) is 12.8. The second-order valence-corrected chi connectivity index (χ2v) is 14.6. The summed E-state index contributed by atoms with van der Waals surface area (Å²) >= 11 is 0. The van der Waals surface area contributed by atoms with Crippen molar-refractivity contribution in [1.82, 2.24) is 0 Å². The van der Waals surface area contributed by atoms with E-state index in [-0.39, 0.29) is 41.1 Å². The third-order valence-electron chi connectivity index (χ3n) is 13.4. The largest absolute Gasteiger partial charge is 0.481 e. The van der Waals surface area contributed by atoms with Gasteiger partial charge >= 0.3 is 5.97 Å². The maximum absolute atomic E-state index is 12.8. The normalized spacial score (nSPS) is 58.6. The third kappa shape index (κ3) is 2.96. The molecule has 5 rings (SSSR count). The van der Waals surface area contributed by atoms with E-state index in [0.29, 0.717) is 25.2 Å². The van der Waals surface area contributed by atoms with Gasteiger partial charge in [-0.3, -0.25) is 4.79 Å². The minimum Gasteiger partial charge on any atom is -0.481 e. The van der Waals surface area contributed by atoms with Crippen LogP contribution in [0.15, 0.2) is 11.6 Å². The second-order valence-electron chi connectivity index (χ2n) is 14.6. The van der Waals surface area contributed by atoms with Crippen molar-refractivity contribution in [3.8, 4) is 0 Å². The maximum atomic E-state index is 12.8. The van der Waals surface area contributed by atoms with Crippen molar-refractivity contribution < 1.29 is 30.3 Å². The van der Waals surface area contributed by atoms with Gasteiger partial charge in [-0.2, -0.15) is 0 Å². The van der Waals surface area contributed by atoms with Gasteiger partial charge in [0.15, 0.2) is 0 Å². The Balaban J connectivity index is 1.65. The van der Waals surface area contributed by atoms with Crippen LogP contribution in [-0.2, 0) is 4.79 Å². The molecule has 5 aliphatic rings. The van der Waals surface area contributed by atoms with Gasteiger partial charge in [0.1, 0.15) is 0 Å². The number of carboxylic acid groups (broad SMARTS) is 1. The molecule has 0 aromatic carbocycles. The molecule has 4 saturated carbocycles. The zero-order valence-corrected chi connectivity index (χ0v) is 23.0. The highest BCUT2D eigenvalue weighted by Gasteiger charge is 2.72. The van der Waals surface area contributed by atoms with Gasteiger partial charge < -0.3 is 25.5 Å². The van der Waals surface area contributed by atoms with Crippen molar-refractivity contribution in [3.05, 3.63) is 11.6 Å². The predicted octanol–water partition coefficient (Wildman–Crippen LogP) is 4.00. The van der Waals surface area contributed by atoms with Crippen molar-refractivity contribution >= 4 is 5.97 Å². The molecule has 6 heteroatoms. The maximum Gasteiger partial charge on any atom is 0.310 e. The van der Waals surface area contributed by atoms with E-state index in [1.165, 1.54) is 5.57 Å². The minimum atomic E-state index is -1.08. The third-order valence-corrected chi connectivity index (χ3v) is 13.4. The fraction of sp³-hybridized carbons (Fsp3) is 0.900. The highest BCUT2D eigenvalue weighted by atomic mass is 16.4. The number of aliphatic hydroxyl groups is 4. The summed E-state index contributed by atoms with van der Waals surface area (Å²) in [5, 5.41) is 54.7. The second kappa shape index (κ2) is 8.03. The molecule has 4 fully saturated rings. The summed E-state index contributed by atoms with van der Waals surface area (Å²) in [5.41, 5.74) is -1.41. The lowest BCUT2D eigenvalue weighted by Crippen LogP contribution is -2.71. The summed E-state index contributed by atoms with van der Waals surface area (Å²) in [5.74, 6) is -0.0914. The Labute approximate surface area is 216 Å². The number of hydrogen-bond donors (Lipinski definition) is 5. The molecule has 204 valence electrons. The van der Waals surface area contributed by atoms with Crippen LogP contribution in [-0.4, -0.2) is 56.4 Å². The highest BCUT2D eigenvalue weighted by Crippen LogP contribution is 2.75. The Hall–Kier alpha value is -0.950. The van der Waals surface area contributed by atoms with Gasteiger partial charge in [0.2, 0.25) is 0 Å². The van der Waals surface area contributed by atoms with E-state index < -0.39 is 40.5 Å².